The molecule has 0 aromatic carbocycles. The summed E-state index contributed by atoms with van der Waals surface area (Å²) in [5, 5.41) is 11.7. The van der Waals surface area contributed by atoms with Gasteiger partial charge in [0.25, 0.3) is 0 Å². The van der Waals surface area contributed by atoms with E-state index in [0.717, 1.165) is 25.8 Å². The number of nitrogens with one attached hydrogen (secondary N) is 1. The van der Waals surface area contributed by atoms with E-state index in [1.165, 1.54) is 25.7 Å². The molecule has 1 aliphatic heterocycles. The quantitative estimate of drug-likeness (QED) is 0.819. The first-order valence-electron chi connectivity index (χ1n) is 8.37. The fourth-order valence-corrected chi connectivity index (χ4v) is 3.80. The normalized spacial score (nSPS) is 26.8. The van der Waals surface area contributed by atoms with Gasteiger partial charge >= 0.3 is 12.0 Å². The Kier molecular flexibility index (Phi) is 5.88. The van der Waals surface area contributed by atoms with Crippen LogP contribution < -0.4 is 5.32 Å². The molecular weight excluding hydrogens is 268 g/mol. The molecule has 2 rings (SSSR count). The summed E-state index contributed by atoms with van der Waals surface area (Å²) in [5.74, 6) is -0.0739. The zero-order valence-corrected chi connectivity index (χ0v) is 13.0. The van der Waals surface area contributed by atoms with Crippen molar-refractivity contribution in [2.24, 2.45) is 5.92 Å². The fourth-order valence-electron chi connectivity index (χ4n) is 3.80. The van der Waals surface area contributed by atoms with Gasteiger partial charge in [0, 0.05) is 25.0 Å². The molecule has 1 aliphatic carbocycles. The molecule has 2 amide bonds. The predicted molar refractivity (Wildman–Crippen MR) is 81.2 cm³/mol. The lowest BCUT2D eigenvalue weighted by molar-refractivity contribution is -0.137. The van der Waals surface area contributed by atoms with E-state index in [2.05, 4.69) is 5.32 Å². The van der Waals surface area contributed by atoms with Gasteiger partial charge in [-0.25, -0.2) is 4.79 Å². The van der Waals surface area contributed by atoms with Gasteiger partial charge in [0.2, 0.25) is 0 Å². The van der Waals surface area contributed by atoms with Gasteiger partial charge in [-0.15, -0.1) is 0 Å². The number of hydrogen-bond donors (Lipinski definition) is 2. The second-order valence-corrected chi connectivity index (χ2v) is 6.58. The Hall–Kier alpha value is -1.26. The SMILES string of the molecule is CC(CCCC(=O)O)NC(=O)N1CCC[C@H]2CCCC[C@H]21. The van der Waals surface area contributed by atoms with E-state index in [9.17, 15) is 9.59 Å². The van der Waals surface area contributed by atoms with Crippen molar-refractivity contribution in [3.05, 3.63) is 0 Å². The molecule has 21 heavy (non-hydrogen) atoms. The maximum absolute atomic E-state index is 12.5. The van der Waals surface area contributed by atoms with Crippen LogP contribution in [0.25, 0.3) is 0 Å². The number of piperidine rings is 1. The van der Waals surface area contributed by atoms with Gasteiger partial charge in [-0.3, -0.25) is 4.79 Å². The summed E-state index contributed by atoms with van der Waals surface area (Å²) in [7, 11) is 0. The highest BCUT2D eigenvalue weighted by molar-refractivity contribution is 5.75. The van der Waals surface area contributed by atoms with Gasteiger partial charge in [-0.1, -0.05) is 12.8 Å². The summed E-state index contributed by atoms with van der Waals surface area (Å²) in [6.45, 7) is 2.83. The molecule has 5 heteroatoms. The summed E-state index contributed by atoms with van der Waals surface area (Å²) in [6.07, 6.45) is 8.84. The van der Waals surface area contributed by atoms with Crippen molar-refractivity contribution < 1.29 is 14.7 Å². The summed E-state index contributed by atoms with van der Waals surface area (Å²) in [6, 6.07) is 0.522. The average Bonchev–Trinajstić information content (AvgIpc) is 2.46. The van der Waals surface area contributed by atoms with E-state index in [-0.39, 0.29) is 18.5 Å². The number of carbonyl (C=O) groups excluding carboxylic acids is 1. The van der Waals surface area contributed by atoms with Crippen LogP contribution in [0.15, 0.2) is 0 Å². The van der Waals surface area contributed by atoms with Gasteiger partial charge in [-0.2, -0.15) is 0 Å². The van der Waals surface area contributed by atoms with Crippen molar-refractivity contribution in [1.82, 2.24) is 10.2 Å². The van der Waals surface area contributed by atoms with Crippen molar-refractivity contribution in [2.45, 2.75) is 76.8 Å². The molecule has 3 atom stereocenters. The number of aliphatic carboxylic acids is 1. The molecule has 0 aromatic rings. The number of nitrogens with zero attached hydrogens (tertiary/aromatic N) is 1. The van der Waals surface area contributed by atoms with E-state index < -0.39 is 5.97 Å². The monoisotopic (exact) mass is 296 g/mol. The van der Waals surface area contributed by atoms with E-state index in [0.29, 0.717) is 18.4 Å². The highest BCUT2D eigenvalue weighted by Crippen LogP contribution is 2.35. The van der Waals surface area contributed by atoms with E-state index in [4.69, 9.17) is 5.11 Å². The minimum Gasteiger partial charge on any atom is -0.481 e. The molecular formula is C16H28N2O3. The maximum atomic E-state index is 12.5. The molecule has 1 saturated heterocycles. The Morgan fingerprint density at radius 3 is 2.71 bits per heavy atom. The van der Waals surface area contributed by atoms with Crippen molar-refractivity contribution in [3.8, 4) is 0 Å². The van der Waals surface area contributed by atoms with Crippen molar-refractivity contribution in [2.75, 3.05) is 6.54 Å². The first-order chi connectivity index (χ1) is 10.1. The van der Waals surface area contributed by atoms with Crippen LogP contribution in [-0.2, 0) is 4.79 Å². The number of rotatable bonds is 5. The number of carbonyl (C=O) groups is 2. The number of likely N-dealkylation sites (tertiary alicyclic amines) is 1. The molecule has 1 unspecified atom stereocenters. The van der Waals surface area contributed by atoms with Crippen molar-refractivity contribution >= 4 is 12.0 Å². The topological polar surface area (TPSA) is 69.6 Å². The fraction of sp³-hybridized carbons (Fsp3) is 0.875. The Morgan fingerprint density at radius 2 is 1.95 bits per heavy atom. The summed E-state index contributed by atoms with van der Waals surface area (Å²) < 4.78 is 0. The summed E-state index contributed by atoms with van der Waals surface area (Å²) in [5.41, 5.74) is 0. The largest absolute Gasteiger partial charge is 0.481 e. The summed E-state index contributed by atoms with van der Waals surface area (Å²) in [4.78, 5) is 25.0. The van der Waals surface area contributed by atoms with Crippen LogP contribution >= 0.6 is 0 Å². The standard InChI is InChI=1S/C16H28N2O3/c1-12(6-4-10-15(19)20)17-16(21)18-11-5-8-13-7-2-3-9-14(13)18/h12-14H,2-11H2,1H3,(H,17,21)(H,19,20)/t12?,13-,14-/m1/s1. The molecule has 0 radical (unpaired) electrons. The van der Waals surface area contributed by atoms with Crippen molar-refractivity contribution in [3.63, 3.8) is 0 Å². The van der Waals surface area contributed by atoms with Gasteiger partial charge in [0.1, 0.15) is 0 Å². The molecule has 2 fully saturated rings. The number of urea groups is 1. The lowest BCUT2D eigenvalue weighted by Gasteiger charge is -2.44. The molecule has 0 bridgehead atoms. The van der Waals surface area contributed by atoms with Crippen LogP contribution in [-0.4, -0.2) is 40.6 Å². The van der Waals surface area contributed by atoms with Gasteiger partial charge in [0.15, 0.2) is 0 Å². The number of amides is 2. The lowest BCUT2D eigenvalue weighted by Crippen LogP contribution is -2.54. The van der Waals surface area contributed by atoms with E-state index in [1.807, 2.05) is 11.8 Å². The minimum atomic E-state index is -0.769. The molecule has 5 nitrogen and oxygen atoms in total. The van der Waals surface area contributed by atoms with Crippen LogP contribution in [0.2, 0.25) is 0 Å². The molecule has 2 aliphatic rings. The van der Waals surface area contributed by atoms with Gasteiger partial charge in [-0.05, 0) is 51.4 Å². The highest BCUT2D eigenvalue weighted by Gasteiger charge is 2.35. The zero-order chi connectivity index (χ0) is 15.2. The van der Waals surface area contributed by atoms with E-state index >= 15 is 0 Å². The van der Waals surface area contributed by atoms with Gasteiger partial charge < -0.3 is 15.3 Å². The van der Waals surface area contributed by atoms with Crippen LogP contribution in [0.5, 0.6) is 0 Å². The Morgan fingerprint density at radius 1 is 1.24 bits per heavy atom. The molecule has 120 valence electrons. The minimum absolute atomic E-state index is 0.0424. The number of carboxylic acid groups (broad SMARTS) is 1. The molecule has 2 N–H and O–H groups in total. The molecule has 1 saturated carbocycles. The van der Waals surface area contributed by atoms with Crippen LogP contribution in [0.3, 0.4) is 0 Å². The predicted octanol–water partition coefficient (Wildman–Crippen LogP) is 2.99. The molecule has 1 heterocycles. The number of fused-ring (bicyclic) bond motifs is 1. The molecule has 0 spiro atoms. The smallest absolute Gasteiger partial charge is 0.317 e. The van der Waals surface area contributed by atoms with E-state index in [1.54, 1.807) is 0 Å². The highest BCUT2D eigenvalue weighted by atomic mass is 16.4. The summed E-state index contributed by atoms with van der Waals surface area (Å²) >= 11 is 0. The average molecular weight is 296 g/mol. The Bertz CT molecular complexity index is 371. The van der Waals surface area contributed by atoms with Crippen LogP contribution in [0.1, 0.15) is 64.7 Å². The zero-order valence-electron chi connectivity index (χ0n) is 13.0. The second kappa shape index (κ2) is 7.66. The lowest BCUT2D eigenvalue weighted by atomic mass is 9.78. The third-order valence-corrected chi connectivity index (χ3v) is 4.90. The first kappa shape index (κ1) is 16.1. The second-order valence-electron chi connectivity index (χ2n) is 6.58. The molecule has 0 aromatic heterocycles. The Balaban J connectivity index is 1.79. The third kappa shape index (κ3) is 4.61. The van der Waals surface area contributed by atoms with Gasteiger partial charge in [0.05, 0.1) is 0 Å². The third-order valence-electron chi connectivity index (χ3n) is 4.90. The number of carboxylic acids is 1. The van der Waals surface area contributed by atoms with Crippen LogP contribution in [0.4, 0.5) is 4.79 Å². The number of hydrogen-bond acceptors (Lipinski definition) is 2. The maximum Gasteiger partial charge on any atom is 0.317 e. The van der Waals surface area contributed by atoms with Crippen molar-refractivity contribution in [1.29, 1.82) is 0 Å². The Labute approximate surface area is 127 Å². The van der Waals surface area contributed by atoms with Crippen LogP contribution in [0, 0.1) is 5.92 Å². The first-order valence-corrected chi connectivity index (χ1v) is 8.37.